The molecule has 0 aromatic heterocycles. The van der Waals surface area contributed by atoms with Gasteiger partial charge in [-0.25, -0.2) is 9.59 Å². The number of carboxylic acid groups (broad SMARTS) is 2. The second-order valence-electron chi connectivity index (χ2n) is 2.07. The van der Waals surface area contributed by atoms with Gasteiger partial charge in [0.1, 0.15) is 0 Å². The van der Waals surface area contributed by atoms with Crippen LogP contribution in [-0.4, -0.2) is 81.3 Å². The molecule has 0 heterocycles. The average molecular weight is 204 g/mol. The molecule has 0 spiro atoms. The van der Waals surface area contributed by atoms with Gasteiger partial charge in [-0.15, -0.1) is 0 Å². The average Bonchev–Trinajstić information content (AvgIpc) is 1.88. The zero-order valence-electron chi connectivity index (χ0n) is 8.42. The summed E-state index contributed by atoms with van der Waals surface area (Å²) < 4.78 is 0. The minimum Gasteiger partial charge on any atom is -0.478 e. The molecule has 0 fully saturated rings. The quantitative estimate of drug-likeness (QED) is 0.505. The Kier molecular flexibility index (Phi) is 13.7. The monoisotopic (exact) mass is 204 g/mol. The summed E-state index contributed by atoms with van der Waals surface area (Å²) in [6.45, 7) is 2.89. The number of rotatable bonds is 3. The van der Waals surface area contributed by atoms with Crippen LogP contribution in [0.5, 0.6) is 0 Å². The van der Waals surface area contributed by atoms with Crippen LogP contribution >= 0.6 is 0 Å². The van der Waals surface area contributed by atoms with Crippen LogP contribution < -0.4 is 0 Å². The Hall–Kier alpha value is 0.680. The molecule has 4 nitrogen and oxygen atoms in total. The van der Waals surface area contributed by atoms with E-state index >= 15 is 0 Å². The maximum Gasteiger partial charge on any atom is 0.332 e. The Morgan fingerprint density at radius 3 is 1.54 bits per heavy atom. The molecule has 0 atom stereocenters. The van der Waals surface area contributed by atoms with Crippen molar-refractivity contribution >= 4 is 71.1 Å². The van der Waals surface area contributed by atoms with Crippen LogP contribution in [0.4, 0.5) is 0 Å². The Bertz CT molecular complexity index is 223. The van der Waals surface area contributed by atoms with Gasteiger partial charge in [-0.05, 0) is 13.3 Å². The van der Waals surface area contributed by atoms with E-state index in [4.69, 9.17) is 10.2 Å². The van der Waals surface area contributed by atoms with Gasteiger partial charge in [0.25, 0.3) is 0 Å². The molecule has 0 aliphatic rings. The zero-order valence-corrected chi connectivity index (χ0v) is 12.4. The molecule has 64 valence electrons. The summed E-state index contributed by atoms with van der Waals surface area (Å²) in [5.74, 6) is -2.34. The minimum absolute atomic E-state index is 0. The molecule has 0 amide bonds. The summed E-state index contributed by atoms with van der Waals surface area (Å²) >= 11 is 0. The van der Waals surface area contributed by atoms with E-state index in [1.54, 1.807) is 6.92 Å². The van der Waals surface area contributed by atoms with E-state index in [2.05, 4.69) is 0 Å². The topological polar surface area (TPSA) is 74.6 Å². The first-order valence-electron chi connectivity index (χ1n) is 3.17. The number of carboxylic acids is 2. The zero-order chi connectivity index (χ0) is 9.02. The molecular formula is C7H10Na2O4. The predicted molar refractivity (Wildman–Crippen MR) is 49.8 cm³/mol. The molecule has 0 aromatic rings. The fraction of sp³-hybridized carbons (Fsp3) is 0.429. The molecule has 0 aromatic carbocycles. The van der Waals surface area contributed by atoms with E-state index in [1.807, 2.05) is 0 Å². The number of aliphatic carboxylic acids is 2. The van der Waals surface area contributed by atoms with Gasteiger partial charge in [-0.2, -0.15) is 0 Å². The summed E-state index contributed by atoms with van der Waals surface area (Å²) in [5, 5.41) is 16.9. The van der Waals surface area contributed by atoms with E-state index in [0.717, 1.165) is 0 Å². The van der Waals surface area contributed by atoms with Crippen molar-refractivity contribution in [3.63, 3.8) is 0 Å². The van der Waals surface area contributed by atoms with Crippen LogP contribution in [-0.2, 0) is 9.59 Å². The van der Waals surface area contributed by atoms with E-state index in [-0.39, 0.29) is 76.7 Å². The van der Waals surface area contributed by atoms with Crippen molar-refractivity contribution in [1.82, 2.24) is 0 Å². The van der Waals surface area contributed by atoms with Crippen molar-refractivity contribution in [2.24, 2.45) is 0 Å². The molecule has 13 heavy (non-hydrogen) atoms. The van der Waals surface area contributed by atoms with Gasteiger partial charge in [0, 0.05) is 70.3 Å². The molecule has 0 aliphatic heterocycles. The third-order valence-corrected chi connectivity index (χ3v) is 1.39. The summed E-state index contributed by atoms with van der Waals surface area (Å²) in [4.78, 5) is 20.6. The molecule has 0 aliphatic carbocycles. The summed E-state index contributed by atoms with van der Waals surface area (Å²) in [7, 11) is 0. The number of hydrogen-bond acceptors (Lipinski definition) is 2. The Morgan fingerprint density at radius 1 is 1.08 bits per heavy atom. The smallest absolute Gasteiger partial charge is 0.332 e. The second-order valence-corrected chi connectivity index (χ2v) is 2.07. The van der Waals surface area contributed by atoms with Crippen LogP contribution in [0, 0.1) is 0 Å². The number of hydrogen-bond donors (Lipinski definition) is 2. The predicted octanol–water partition coefficient (Wildman–Crippen LogP) is 0.120. The van der Waals surface area contributed by atoms with Gasteiger partial charge < -0.3 is 10.2 Å². The van der Waals surface area contributed by atoms with Crippen LogP contribution in [0.1, 0.15) is 20.3 Å². The van der Waals surface area contributed by atoms with Gasteiger partial charge in [0.15, 0.2) is 0 Å². The molecule has 0 unspecified atom stereocenters. The Labute approximate surface area is 121 Å². The summed E-state index contributed by atoms with van der Waals surface area (Å²) in [6, 6.07) is 0. The first kappa shape index (κ1) is 19.3. The van der Waals surface area contributed by atoms with E-state index in [1.165, 1.54) is 6.92 Å². The summed E-state index contributed by atoms with van der Waals surface area (Å²) in [6.07, 6.45) is 0.230. The van der Waals surface area contributed by atoms with E-state index < -0.39 is 11.9 Å². The van der Waals surface area contributed by atoms with Crippen molar-refractivity contribution in [2.75, 3.05) is 0 Å². The Morgan fingerprint density at radius 2 is 1.46 bits per heavy atom. The third kappa shape index (κ3) is 6.71. The van der Waals surface area contributed by atoms with Gasteiger partial charge in [0.05, 0.1) is 0 Å². The first-order chi connectivity index (χ1) is 5.00. The van der Waals surface area contributed by atoms with E-state index in [0.29, 0.717) is 0 Å². The van der Waals surface area contributed by atoms with Gasteiger partial charge in [-0.3, -0.25) is 0 Å². The normalized spacial score (nSPS) is 10.3. The van der Waals surface area contributed by atoms with Crippen molar-refractivity contribution in [3.05, 3.63) is 11.1 Å². The van der Waals surface area contributed by atoms with Crippen molar-refractivity contribution in [3.8, 4) is 0 Å². The number of carbonyl (C=O) groups is 2. The standard InChI is InChI=1S/C7H10O4.2Na/c1-3-5(7(10)11)4(2)6(8)9;;/h3H2,1-2H3,(H,8,9)(H,10,11);;/b5-4-;;. The van der Waals surface area contributed by atoms with Crippen LogP contribution in [0.2, 0.25) is 0 Å². The summed E-state index contributed by atoms with van der Waals surface area (Å²) in [5.41, 5.74) is -0.141. The van der Waals surface area contributed by atoms with Crippen molar-refractivity contribution < 1.29 is 19.8 Å². The van der Waals surface area contributed by atoms with Crippen LogP contribution in [0.15, 0.2) is 11.1 Å². The molecule has 0 rings (SSSR count). The maximum atomic E-state index is 10.4. The van der Waals surface area contributed by atoms with Crippen LogP contribution in [0.3, 0.4) is 0 Å². The maximum absolute atomic E-state index is 10.4. The first-order valence-corrected chi connectivity index (χ1v) is 3.17. The second kappa shape index (κ2) is 9.24. The Balaban J connectivity index is -0.000000500. The van der Waals surface area contributed by atoms with Crippen LogP contribution in [0.25, 0.3) is 0 Å². The fourth-order valence-electron chi connectivity index (χ4n) is 0.706. The van der Waals surface area contributed by atoms with Gasteiger partial charge in [-0.1, -0.05) is 6.92 Å². The molecule has 0 bridgehead atoms. The SMILES string of the molecule is CC/C(C(=O)O)=C(\C)C(=O)O.[Na].[Na]. The third-order valence-electron chi connectivity index (χ3n) is 1.39. The molecule has 2 radical (unpaired) electrons. The molecule has 0 saturated carbocycles. The van der Waals surface area contributed by atoms with Gasteiger partial charge in [0.2, 0.25) is 0 Å². The molecule has 0 saturated heterocycles. The van der Waals surface area contributed by atoms with Crippen molar-refractivity contribution in [2.45, 2.75) is 20.3 Å². The van der Waals surface area contributed by atoms with Crippen molar-refractivity contribution in [1.29, 1.82) is 0 Å². The van der Waals surface area contributed by atoms with E-state index in [9.17, 15) is 9.59 Å². The minimum atomic E-state index is -1.18. The van der Waals surface area contributed by atoms with Gasteiger partial charge >= 0.3 is 11.9 Å². The largest absolute Gasteiger partial charge is 0.478 e. The molecule has 6 heteroatoms. The molecular weight excluding hydrogens is 194 g/mol. The molecule has 2 N–H and O–H groups in total. The fourth-order valence-corrected chi connectivity index (χ4v) is 0.706.